The summed E-state index contributed by atoms with van der Waals surface area (Å²) in [5.41, 5.74) is 4.53. The topological polar surface area (TPSA) is 46.6 Å². The Kier molecular flexibility index (Phi) is 5.55. The highest BCUT2D eigenvalue weighted by Crippen LogP contribution is 2.31. The van der Waals surface area contributed by atoms with Gasteiger partial charge < -0.3 is 9.64 Å². The van der Waals surface area contributed by atoms with E-state index in [1.54, 1.807) is 17.9 Å². The van der Waals surface area contributed by atoms with E-state index >= 15 is 0 Å². The van der Waals surface area contributed by atoms with Crippen LogP contribution in [0.3, 0.4) is 0 Å². The molecule has 4 heteroatoms. The van der Waals surface area contributed by atoms with E-state index in [2.05, 4.69) is 0 Å². The zero-order valence-electron chi connectivity index (χ0n) is 15.9. The van der Waals surface area contributed by atoms with Crippen molar-refractivity contribution in [2.75, 3.05) is 13.7 Å². The maximum atomic E-state index is 13.0. The van der Waals surface area contributed by atoms with E-state index in [1.807, 2.05) is 61.5 Å². The van der Waals surface area contributed by atoms with Crippen molar-refractivity contribution in [3.05, 3.63) is 88.1 Å². The molecule has 0 aromatic heterocycles. The molecule has 138 valence electrons. The van der Waals surface area contributed by atoms with Crippen molar-refractivity contribution < 1.29 is 14.3 Å². The number of hydrogen-bond donors (Lipinski definition) is 0. The molecule has 1 aliphatic rings. The highest BCUT2D eigenvalue weighted by Gasteiger charge is 2.36. The lowest BCUT2D eigenvalue weighted by Crippen LogP contribution is -2.27. The smallest absolute Gasteiger partial charge is 0.340 e. The van der Waals surface area contributed by atoms with Gasteiger partial charge in [0.25, 0.3) is 5.91 Å². The molecule has 0 radical (unpaired) electrons. The average Bonchev–Trinajstić information content (AvgIpc) is 2.92. The molecular weight excluding hydrogens is 338 g/mol. The van der Waals surface area contributed by atoms with Gasteiger partial charge in [-0.25, -0.2) is 4.79 Å². The lowest BCUT2D eigenvalue weighted by molar-refractivity contribution is -0.136. The first-order valence-corrected chi connectivity index (χ1v) is 8.95. The molecular formula is C23H23NO3. The minimum absolute atomic E-state index is 0.163. The molecule has 0 fully saturated rings. The SMILES string of the molecule is COC(=O)C1=C(C)N(CCc2ccccc2)C(=O)/C1=C/c1ccc(C)cc1. The second kappa shape index (κ2) is 8.04. The Hall–Kier alpha value is -3.14. The summed E-state index contributed by atoms with van der Waals surface area (Å²) in [6.45, 7) is 4.32. The summed E-state index contributed by atoms with van der Waals surface area (Å²) in [7, 11) is 1.34. The molecule has 1 aliphatic heterocycles. The van der Waals surface area contributed by atoms with Crippen molar-refractivity contribution >= 4 is 18.0 Å². The van der Waals surface area contributed by atoms with E-state index < -0.39 is 5.97 Å². The van der Waals surface area contributed by atoms with Crippen LogP contribution in [-0.4, -0.2) is 30.4 Å². The predicted octanol–water partition coefficient (Wildman–Crippen LogP) is 3.91. The fourth-order valence-electron chi connectivity index (χ4n) is 3.21. The molecule has 0 unspecified atom stereocenters. The summed E-state index contributed by atoms with van der Waals surface area (Å²) in [4.78, 5) is 27.1. The van der Waals surface area contributed by atoms with Crippen molar-refractivity contribution in [3.63, 3.8) is 0 Å². The third-order valence-electron chi connectivity index (χ3n) is 4.76. The normalized spacial score (nSPS) is 15.6. The number of amides is 1. The van der Waals surface area contributed by atoms with E-state index in [1.165, 1.54) is 7.11 Å². The van der Waals surface area contributed by atoms with Gasteiger partial charge in [0.05, 0.1) is 18.3 Å². The van der Waals surface area contributed by atoms with Crippen LogP contribution >= 0.6 is 0 Å². The Morgan fingerprint density at radius 3 is 2.33 bits per heavy atom. The Labute approximate surface area is 159 Å². The van der Waals surface area contributed by atoms with Crippen molar-refractivity contribution in [1.29, 1.82) is 0 Å². The number of aryl methyl sites for hydroxylation is 1. The number of rotatable bonds is 5. The number of carbonyl (C=O) groups excluding carboxylic acids is 2. The van der Waals surface area contributed by atoms with Crippen LogP contribution in [0.4, 0.5) is 0 Å². The standard InChI is InChI=1S/C23H23NO3/c1-16-9-11-19(12-10-16)15-20-21(23(26)27-3)17(2)24(22(20)25)14-13-18-7-5-4-6-8-18/h4-12,15H,13-14H2,1-3H3/b20-15+. The minimum Gasteiger partial charge on any atom is -0.465 e. The Morgan fingerprint density at radius 1 is 1.04 bits per heavy atom. The molecule has 0 aliphatic carbocycles. The first-order valence-electron chi connectivity index (χ1n) is 8.95. The fraction of sp³-hybridized carbons (Fsp3) is 0.217. The van der Waals surface area contributed by atoms with E-state index in [9.17, 15) is 9.59 Å². The number of hydrogen-bond acceptors (Lipinski definition) is 3. The van der Waals surface area contributed by atoms with Crippen LogP contribution in [0.2, 0.25) is 0 Å². The molecule has 1 heterocycles. The summed E-state index contributed by atoms with van der Waals surface area (Å²) in [6.07, 6.45) is 2.48. The van der Waals surface area contributed by atoms with Crippen LogP contribution in [0.1, 0.15) is 23.6 Å². The molecule has 3 rings (SSSR count). The second-order valence-electron chi connectivity index (χ2n) is 6.61. The summed E-state index contributed by atoms with van der Waals surface area (Å²) < 4.78 is 4.93. The van der Waals surface area contributed by atoms with Crippen LogP contribution < -0.4 is 0 Å². The molecule has 1 amide bonds. The fourth-order valence-corrected chi connectivity index (χ4v) is 3.21. The zero-order chi connectivity index (χ0) is 19.4. The summed E-state index contributed by atoms with van der Waals surface area (Å²) in [5, 5.41) is 0. The van der Waals surface area contributed by atoms with Crippen LogP contribution in [0.15, 0.2) is 71.4 Å². The van der Waals surface area contributed by atoms with Crippen LogP contribution in [0, 0.1) is 6.92 Å². The van der Waals surface area contributed by atoms with Gasteiger partial charge in [-0.3, -0.25) is 4.79 Å². The number of carbonyl (C=O) groups is 2. The van der Waals surface area contributed by atoms with Gasteiger partial charge in [0, 0.05) is 12.2 Å². The largest absolute Gasteiger partial charge is 0.465 e. The van der Waals surface area contributed by atoms with Gasteiger partial charge in [0.2, 0.25) is 0 Å². The number of ether oxygens (including phenoxy) is 1. The van der Waals surface area contributed by atoms with Gasteiger partial charge in [-0.15, -0.1) is 0 Å². The Bertz CT molecular complexity index is 908. The molecule has 0 N–H and O–H groups in total. The molecule has 0 bridgehead atoms. The summed E-state index contributed by atoms with van der Waals surface area (Å²) >= 11 is 0. The molecule has 0 saturated carbocycles. The monoisotopic (exact) mass is 361 g/mol. The third-order valence-corrected chi connectivity index (χ3v) is 4.76. The number of benzene rings is 2. The van der Waals surface area contributed by atoms with Crippen molar-refractivity contribution in [1.82, 2.24) is 4.90 Å². The first-order chi connectivity index (χ1) is 13.0. The molecule has 27 heavy (non-hydrogen) atoms. The lowest BCUT2D eigenvalue weighted by atomic mass is 10.0. The quantitative estimate of drug-likeness (QED) is 0.599. The molecule has 4 nitrogen and oxygen atoms in total. The van der Waals surface area contributed by atoms with Gasteiger partial charge >= 0.3 is 5.97 Å². The summed E-state index contributed by atoms with van der Waals surface area (Å²) in [5.74, 6) is -0.647. The van der Waals surface area contributed by atoms with E-state index in [4.69, 9.17) is 4.74 Å². The molecule has 2 aromatic rings. The Balaban J connectivity index is 1.92. The average molecular weight is 361 g/mol. The van der Waals surface area contributed by atoms with Gasteiger partial charge in [-0.2, -0.15) is 0 Å². The predicted molar refractivity (Wildman–Crippen MR) is 106 cm³/mol. The third kappa shape index (κ3) is 4.00. The Morgan fingerprint density at radius 2 is 1.70 bits per heavy atom. The van der Waals surface area contributed by atoms with Crippen molar-refractivity contribution in [2.45, 2.75) is 20.3 Å². The first kappa shape index (κ1) is 18.6. The lowest BCUT2D eigenvalue weighted by Gasteiger charge is -2.17. The van der Waals surface area contributed by atoms with Crippen LogP contribution in [0.25, 0.3) is 6.08 Å². The minimum atomic E-state index is -0.485. The second-order valence-corrected chi connectivity index (χ2v) is 6.61. The van der Waals surface area contributed by atoms with Gasteiger partial charge in [-0.1, -0.05) is 60.2 Å². The van der Waals surface area contributed by atoms with Crippen LogP contribution in [-0.2, 0) is 20.7 Å². The van der Waals surface area contributed by atoms with Crippen molar-refractivity contribution in [3.8, 4) is 0 Å². The summed E-state index contributed by atoms with van der Waals surface area (Å²) in [6, 6.07) is 17.8. The van der Waals surface area contributed by atoms with E-state index in [-0.39, 0.29) is 5.91 Å². The molecule has 0 spiro atoms. The van der Waals surface area contributed by atoms with E-state index in [0.717, 1.165) is 23.1 Å². The molecule has 0 saturated heterocycles. The number of allylic oxidation sites excluding steroid dienone is 1. The van der Waals surface area contributed by atoms with Crippen LogP contribution in [0.5, 0.6) is 0 Å². The zero-order valence-corrected chi connectivity index (χ0v) is 15.9. The van der Waals surface area contributed by atoms with Gasteiger partial charge in [0.1, 0.15) is 0 Å². The number of esters is 1. The van der Waals surface area contributed by atoms with Gasteiger partial charge in [0.15, 0.2) is 0 Å². The van der Waals surface area contributed by atoms with Gasteiger partial charge in [-0.05, 0) is 37.5 Å². The maximum absolute atomic E-state index is 13.0. The molecule has 2 aromatic carbocycles. The number of nitrogens with zero attached hydrogens (tertiary/aromatic N) is 1. The maximum Gasteiger partial charge on any atom is 0.340 e. The molecule has 0 atom stereocenters. The highest BCUT2D eigenvalue weighted by molar-refractivity contribution is 6.16. The van der Waals surface area contributed by atoms with E-state index in [0.29, 0.717) is 23.4 Å². The highest BCUT2D eigenvalue weighted by atomic mass is 16.5. The number of methoxy groups -OCH3 is 1. The van der Waals surface area contributed by atoms with Crippen molar-refractivity contribution in [2.24, 2.45) is 0 Å².